The lowest BCUT2D eigenvalue weighted by atomic mass is 9.99. The first-order valence-electron chi connectivity index (χ1n) is 5.43. The van der Waals surface area contributed by atoms with Crippen LogP contribution >= 0.6 is 0 Å². The maximum atomic E-state index is 11.4. The maximum absolute atomic E-state index is 11.4. The minimum atomic E-state index is -0.566. The number of nitrogens with two attached hydrogens (primary N) is 1. The van der Waals surface area contributed by atoms with Crippen molar-refractivity contribution in [1.82, 2.24) is 0 Å². The Morgan fingerprint density at radius 1 is 1.33 bits per heavy atom. The van der Waals surface area contributed by atoms with E-state index in [9.17, 15) is 9.59 Å². The first-order chi connectivity index (χ1) is 6.99. The predicted octanol–water partition coefficient (Wildman–Crippen LogP) is 1.27. The smallest absolute Gasteiger partial charge is 0.313 e. The second-order valence-corrected chi connectivity index (χ2v) is 3.99. The van der Waals surface area contributed by atoms with Crippen LogP contribution in [0.15, 0.2) is 0 Å². The molecule has 0 aliphatic rings. The van der Waals surface area contributed by atoms with E-state index in [4.69, 9.17) is 10.5 Å². The summed E-state index contributed by atoms with van der Waals surface area (Å²) in [7, 11) is 0. The third-order valence-electron chi connectivity index (χ3n) is 2.17. The van der Waals surface area contributed by atoms with Crippen LogP contribution in [0.25, 0.3) is 0 Å². The number of hydrogen-bond donors (Lipinski definition) is 1. The standard InChI is InChI=1S/C11H21NO3/c1-4-5-6-15-10(14)7-9(13)11(12)8(2)3/h8,11H,4-7,12H2,1-3H3/t11-/m0/s1. The number of carbonyl (C=O) groups is 2. The number of carbonyl (C=O) groups excluding carboxylic acids is 2. The zero-order valence-corrected chi connectivity index (χ0v) is 9.79. The van der Waals surface area contributed by atoms with Gasteiger partial charge in [0, 0.05) is 0 Å². The van der Waals surface area contributed by atoms with Crippen LogP contribution < -0.4 is 5.73 Å². The SMILES string of the molecule is CCCCOC(=O)CC(=O)[C@@H](N)C(C)C. The summed E-state index contributed by atoms with van der Waals surface area (Å²) in [4.78, 5) is 22.6. The van der Waals surface area contributed by atoms with Crippen LogP contribution in [0.5, 0.6) is 0 Å². The highest BCUT2D eigenvalue weighted by Gasteiger charge is 2.20. The molecule has 0 aromatic rings. The maximum Gasteiger partial charge on any atom is 0.313 e. The van der Waals surface area contributed by atoms with E-state index in [0.29, 0.717) is 6.61 Å². The number of hydrogen-bond acceptors (Lipinski definition) is 4. The molecule has 0 bridgehead atoms. The van der Waals surface area contributed by atoms with Crippen LogP contribution in [-0.4, -0.2) is 24.4 Å². The van der Waals surface area contributed by atoms with Crippen molar-refractivity contribution in [3.63, 3.8) is 0 Å². The van der Waals surface area contributed by atoms with Gasteiger partial charge in [-0.25, -0.2) is 0 Å². The van der Waals surface area contributed by atoms with Crippen LogP contribution in [0, 0.1) is 5.92 Å². The fraction of sp³-hybridized carbons (Fsp3) is 0.818. The number of Topliss-reactive ketones (excluding diaryl/α,β-unsaturated/α-hetero) is 1. The van der Waals surface area contributed by atoms with Gasteiger partial charge in [0.1, 0.15) is 6.42 Å². The minimum Gasteiger partial charge on any atom is -0.465 e. The van der Waals surface area contributed by atoms with Gasteiger partial charge in [-0.05, 0) is 12.3 Å². The second-order valence-electron chi connectivity index (χ2n) is 3.99. The summed E-state index contributed by atoms with van der Waals surface area (Å²) in [5.41, 5.74) is 5.61. The van der Waals surface area contributed by atoms with Gasteiger partial charge in [0.15, 0.2) is 5.78 Å². The fourth-order valence-corrected chi connectivity index (χ4v) is 1.01. The molecule has 0 radical (unpaired) electrons. The Labute approximate surface area is 91.2 Å². The Bertz CT molecular complexity index is 214. The molecule has 15 heavy (non-hydrogen) atoms. The Morgan fingerprint density at radius 2 is 1.93 bits per heavy atom. The molecule has 0 aromatic heterocycles. The average molecular weight is 215 g/mol. The van der Waals surface area contributed by atoms with Crippen molar-refractivity contribution in [1.29, 1.82) is 0 Å². The van der Waals surface area contributed by atoms with Gasteiger partial charge in [-0.15, -0.1) is 0 Å². The lowest BCUT2D eigenvalue weighted by Crippen LogP contribution is -2.36. The van der Waals surface area contributed by atoms with Crippen LogP contribution in [0.1, 0.15) is 40.0 Å². The third kappa shape index (κ3) is 6.23. The number of unbranched alkanes of at least 4 members (excludes halogenated alkanes) is 1. The zero-order chi connectivity index (χ0) is 11.8. The molecule has 4 heteroatoms. The highest BCUT2D eigenvalue weighted by molar-refractivity contribution is 5.98. The quantitative estimate of drug-likeness (QED) is 0.394. The van der Waals surface area contributed by atoms with E-state index in [0.717, 1.165) is 12.8 Å². The number of ketones is 1. The van der Waals surface area contributed by atoms with Crippen molar-refractivity contribution in [3.05, 3.63) is 0 Å². The molecule has 1 atom stereocenters. The van der Waals surface area contributed by atoms with E-state index >= 15 is 0 Å². The van der Waals surface area contributed by atoms with E-state index in [-0.39, 0.29) is 18.1 Å². The van der Waals surface area contributed by atoms with Crippen LogP contribution in [0.3, 0.4) is 0 Å². The van der Waals surface area contributed by atoms with E-state index in [1.807, 2.05) is 20.8 Å². The molecule has 88 valence electrons. The normalized spacial score (nSPS) is 12.6. The van der Waals surface area contributed by atoms with E-state index in [2.05, 4.69) is 0 Å². The average Bonchev–Trinajstić information content (AvgIpc) is 2.16. The van der Waals surface area contributed by atoms with Crippen molar-refractivity contribution in [2.24, 2.45) is 11.7 Å². The molecule has 0 aromatic carbocycles. The molecular formula is C11H21NO3. The van der Waals surface area contributed by atoms with E-state index in [1.165, 1.54) is 0 Å². The summed E-state index contributed by atoms with van der Waals surface area (Å²) >= 11 is 0. The second kappa shape index (κ2) is 7.40. The highest BCUT2D eigenvalue weighted by atomic mass is 16.5. The van der Waals surface area contributed by atoms with Crippen LogP contribution in [0.2, 0.25) is 0 Å². The highest BCUT2D eigenvalue weighted by Crippen LogP contribution is 2.03. The third-order valence-corrected chi connectivity index (χ3v) is 2.17. The molecule has 0 aliphatic heterocycles. The van der Waals surface area contributed by atoms with Crippen LogP contribution in [-0.2, 0) is 14.3 Å². The van der Waals surface area contributed by atoms with E-state index in [1.54, 1.807) is 0 Å². The van der Waals surface area contributed by atoms with Gasteiger partial charge in [-0.1, -0.05) is 27.2 Å². The minimum absolute atomic E-state index is 0.0564. The van der Waals surface area contributed by atoms with E-state index < -0.39 is 12.0 Å². The molecule has 0 amide bonds. The number of rotatable bonds is 7. The van der Waals surface area contributed by atoms with Crippen molar-refractivity contribution >= 4 is 11.8 Å². The first-order valence-corrected chi connectivity index (χ1v) is 5.43. The Kier molecular flexibility index (Phi) is 6.96. The summed E-state index contributed by atoms with van der Waals surface area (Å²) in [6.45, 7) is 6.10. The molecule has 0 saturated carbocycles. The topological polar surface area (TPSA) is 69.4 Å². The monoisotopic (exact) mass is 215 g/mol. The Hall–Kier alpha value is -0.900. The summed E-state index contributed by atoms with van der Waals surface area (Å²) in [6.07, 6.45) is 1.59. The van der Waals surface area contributed by atoms with Gasteiger partial charge >= 0.3 is 5.97 Å². The van der Waals surface area contributed by atoms with Crippen molar-refractivity contribution in [3.8, 4) is 0 Å². The molecule has 0 spiro atoms. The molecule has 0 heterocycles. The fourth-order valence-electron chi connectivity index (χ4n) is 1.01. The Balaban J connectivity index is 3.81. The largest absolute Gasteiger partial charge is 0.465 e. The van der Waals surface area contributed by atoms with Crippen LogP contribution in [0.4, 0.5) is 0 Å². The molecule has 4 nitrogen and oxygen atoms in total. The van der Waals surface area contributed by atoms with Gasteiger partial charge < -0.3 is 10.5 Å². The Morgan fingerprint density at radius 3 is 2.40 bits per heavy atom. The lowest BCUT2D eigenvalue weighted by Gasteiger charge is -2.13. The molecule has 0 saturated heterocycles. The number of ether oxygens (including phenoxy) is 1. The van der Waals surface area contributed by atoms with Gasteiger partial charge in [-0.2, -0.15) is 0 Å². The molecular weight excluding hydrogens is 194 g/mol. The predicted molar refractivity (Wildman–Crippen MR) is 58.3 cm³/mol. The molecule has 0 aliphatic carbocycles. The summed E-state index contributed by atoms with van der Waals surface area (Å²) in [5.74, 6) is -0.656. The summed E-state index contributed by atoms with van der Waals surface area (Å²) in [6, 6.07) is -0.566. The number of esters is 1. The van der Waals surface area contributed by atoms with Gasteiger partial charge in [0.25, 0.3) is 0 Å². The van der Waals surface area contributed by atoms with Gasteiger partial charge in [-0.3, -0.25) is 9.59 Å². The first kappa shape index (κ1) is 14.1. The molecule has 0 unspecified atom stereocenters. The molecule has 0 fully saturated rings. The zero-order valence-electron chi connectivity index (χ0n) is 9.79. The molecule has 0 rings (SSSR count). The van der Waals surface area contributed by atoms with Gasteiger partial charge in [0.05, 0.1) is 12.6 Å². The molecule has 2 N–H and O–H groups in total. The summed E-state index contributed by atoms with van der Waals surface area (Å²) < 4.78 is 4.87. The van der Waals surface area contributed by atoms with Crippen molar-refractivity contribution in [2.75, 3.05) is 6.61 Å². The van der Waals surface area contributed by atoms with Gasteiger partial charge in [0.2, 0.25) is 0 Å². The lowest BCUT2D eigenvalue weighted by molar-refractivity contribution is -0.146. The van der Waals surface area contributed by atoms with Crippen molar-refractivity contribution < 1.29 is 14.3 Å². The van der Waals surface area contributed by atoms with Crippen molar-refractivity contribution in [2.45, 2.75) is 46.1 Å². The summed E-state index contributed by atoms with van der Waals surface area (Å²) in [5, 5.41) is 0.